The highest BCUT2D eigenvalue weighted by atomic mass is 14.8. The zero-order chi connectivity index (χ0) is 8.27. The van der Waals surface area contributed by atoms with Crippen molar-refractivity contribution in [3.8, 4) is 0 Å². The molecule has 0 aromatic rings. The van der Waals surface area contributed by atoms with Gasteiger partial charge in [0.15, 0.2) is 0 Å². The van der Waals surface area contributed by atoms with Crippen molar-refractivity contribution in [1.82, 2.24) is 5.32 Å². The summed E-state index contributed by atoms with van der Waals surface area (Å²) in [6.45, 7) is 1.82. The van der Waals surface area contributed by atoms with Crippen LogP contribution in [0.25, 0.3) is 0 Å². The number of allylic oxidation sites excluding steroid dienone is 3. The summed E-state index contributed by atoms with van der Waals surface area (Å²) in [6, 6.07) is 0. The van der Waals surface area contributed by atoms with Gasteiger partial charge in [-0.05, 0) is 19.8 Å². The molecule has 0 spiro atoms. The largest absolute Gasteiger partial charge is 0.388 e. The van der Waals surface area contributed by atoms with Gasteiger partial charge in [-0.15, -0.1) is 0 Å². The van der Waals surface area contributed by atoms with E-state index in [2.05, 4.69) is 17.5 Å². The lowest BCUT2D eigenvalue weighted by atomic mass is 10.0. The van der Waals surface area contributed by atoms with E-state index in [1.165, 1.54) is 0 Å². The Bertz CT molecular complexity index is 224. The third-order valence-corrected chi connectivity index (χ3v) is 1.83. The summed E-state index contributed by atoms with van der Waals surface area (Å²) in [6.07, 6.45) is 6.42. The van der Waals surface area contributed by atoms with E-state index in [1.54, 1.807) is 0 Å². The van der Waals surface area contributed by atoms with E-state index >= 15 is 0 Å². The molecule has 0 heterocycles. The lowest BCUT2D eigenvalue weighted by Crippen LogP contribution is -2.14. The van der Waals surface area contributed by atoms with Crippen LogP contribution in [0.4, 0.5) is 0 Å². The molecular weight excluding hydrogens is 136 g/mol. The number of nitrogens with one attached hydrogen (secondary N) is 2. The van der Waals surface area contributed by atoms with Crippen molar-refractivity contribution < 1.29 is 0 Å². The summed E-state index contributed by atoms with van der Waals surface area (Å²) in [5.74, 6) is 0. The predicted molar refractivity (Wildman–Crippen MR) is 47.9 cm³/mol. The van der Waals surface area contributed by atoms with E-state index in [0.717, 1.165) is 24.1 Å². The van der Waals surface area contributed by atoms with Crippen LogP contribution in [0, 0.1) is 5.41 Å². The fraction of sp³-hybridized carbons (Fsp3) is 0.444. The second kappa shape index (κ2) is 3.37. The Hall–Kier alpha value is -1.05. The van der Waals surface area contributed by atoms with E-state index in [1.807, 2.05) is 14.0 Å². The normalized spacial score (nSPS) is 16.9. The van der Waals surface area contributed by atoms with Gasteiger partial charge in [0.1, 0.15) is 0 Å². The van der Waals surface area contributed by atoms with E-state index in [4.69, 9.17) is 5.41 Å². The van der Waals surface area contributed by atoms with Crippen LogP contribution in [0.1, 0.15) is 19.8 Å². The molecule has 2 heteroatoms. The molecule has 1 rings (SSSR count). The molecule has 0 unspecified atom stereocenters. The molecule has 2 N–H and O–H groups in total. The molecule has 0 saturated heterocycles. The summed E-state index contributed by atoms with van der Waals surface area (Å²) >= 11 is 0. The molecule has 0 aromatic heterocycles. The van der Waals surface area contributed by atoms with Gasteiger partial charge in [-0.25, -0.2) is 0 Å². The van der Waals surface area contributed by atoms with Crippen LogP contribution in [0.3, 0.4) is 0 Å². The van der Waals surface area contributed by atoms with E-state index in [9.17, 15) is 0 Å². The van der Waals surface area contributed by atoms with Gasteiger partial charge < -0.3 is 10.7 Å². The number of hydrogen-bond acceptors (Lipinski definition) is 2. The minimum Gasteiger partial charge on any atom is -0.388 e. The predicted octanol–water partition coefficient (Wildman–Crippen LogP) is 1.85. The van der Waals surface area contributed by atoms with Gasteiger partial charge in [0.2, 0.25) is 0 Å². The summed E-state index contributed by atoms with van der Waals surface area (Å²) in [7, 11) is 1.90. The molecule has 2 nitrogen and oxygen atoms in total. The van der Waals surface area contributed by atoms with Gasteiger partial charge >= 0.3 is 0 Å². The second-order valence-electron chi connectivity index (χ2n) is 2.69. The van der Waals surface area contributed by atoms with Crippen molar-refractivity contribution in [2.45, 2.75) is 19.8 Å². The third-order valence-electron chi connectivity index (χ3n) is 1.83. The summed E-state index contributed by atoms with van der Waals surface area (Å²) in [4.78, 5) is 0. The molecule has 60 valence electrons. The minimum atomic E-state index is 0.644. The Morgan fingerprint density at radius 2 is 2.09 bits per heavy atom. The molecular formula is C9H14N2. The molecule has 0 saturated carbocycles. The first-order valence-corrected chi connectivity index (χ1v) is 3.89. The lowest BCUT2D eigenvalue weighted by molar-refractivity contribution is 0.926. The fourth-order valence-electron chi connectivity index (χ4n) is 1.27. The Morgan fingerprint density at radius 1 is 1.45 bits per heavy atom. The average molecular weight is 150 g/mol. The van der Waals surface area contributed by atoms with Crippen LogP contribution < -0.4 is 5.32 Å². The summed E-state index contributed by atoms with van der Waals surface area (Å²) in [5.41, 5.74) is 2.80. The quantitative estimate of drug-likeness (QED) is 0.579. The van der Waals surface area contributed by atoms with Crippen molar-refractivity contribution in [3.05, 3.63) is 23.4 Å². The zero-order valence-corrected chi connectivity index (χ0v) is 7.07. The Labute approximate surface area is 67.5 Å². The smallest absolute Gasteiger partial charge is 0.0385 e. The second-order valence-corrected chi connectivity index (χ2v) is 2.69. The molecule has 0 fully saturated rings. The van der Waals surface area contributed by atoms with Crippen LogP contribution >= 0.6 is 0 Å². The van der Waals surface area contributed by atoms with Gasteiger partial charge in [-0.1, -0.05) is 12.2 Å². The topological polar surface area (TPSA) is 35.9 Å². The maximum absolute atomic E-state index is 7.47. The van der Waals surface area contributed by atoms with Crippen LogP contribution in [0.15, 0.2) is 23.4 Å². The zero-order valence-electron chi connectivity index (χ0n) is 7.07. The Kier molecular flexibility index (Phi) is 2.47. The van der Waals surface area contributed by atoms with Gasteiger partial charge in [0.25, 0.3) is 0 Å². The molecule has 0 bridgehead atoms. The van der Waals surface area contributed by atoms with Gasteiger partial charge in [0, 0.05) is 24.0 Å². The summed E-state index contributed by atoms with van der Waals surface area (Å²) in [5, 5.41) is 10.6. The molecule has 0 atom stereocenters. The average Bonchev–Trinajstić information content (AvgIpc) is 2.04. The number of rotatable bonds is 2. The third kappa shape index (κ3) is 1.70. The van der Waals surface area contributed by atoms with Crippen LogP contribution in [-0.4, -0.2) is 12.8 Å². The van der Waals surface area contributed by atoms with Gasteiger partial charge in [-0.2, -0.15) is 0 Å². The van der Waals surface area contributed by atoms with Gasteiger partial charge in [0.05, 0.1) is 0 Å². The van der Waals surface area contributed by atoms with E-state index in [-0.39, 0.29) is 0 Å². The Balaban J connectivity index is 2.83. The molecule has 0 radical (unpaired) electrons. The lowest BCUT2D eigenvalue weighted by Gasteiger charge is -2.14. The molecule has 1 aliphatic rings. The fourth-order valence-corrected chi connectivity index (χ4v) is 1.27. The van der Waals surface area contributed by atoms with Crippen molar-refractivity contribution in [3.63, 3.8) is 0 Å². The van der Waals surface area contributed by atoms with Crippen molar-refractivity contribution in [2.24, 2.45) is 0 Å². The monoisotopic (exact) mass is 150 g/mol. The van der Waals surface area contributed by atoms with Crippen LogP contribution in [0.2, 0.25) is 0 Å². The molecule has 0 amide bonds. The molecule has 0 aromatic carbocycles. The number of likely N-dealkylation sites (N-methyl/N-ethyl adjacent to an activating group) is 1. The van der Waals surface area contributed by atoms with E-state index in [0.29, 0.717) is 5.71 Å². The highest BCUT2D eigenvalue weighted by Crippen LogP contribution is 2.16. The molecule has 1 aliphatic carbocycles. The van der Waals surface area contributed by atoms with Crippen molar-refractivity contribution >= 4 is 5.71 Å². The highest BCUT2D eigenvalue weighted by Gasteiger charge is 2.07. The minimum absolute atomic E-state index is 0.644. The number of hydrogen-bond donors (Lipinski definition) is 2. The highest BCUT2D eigenvalue weighted by molar-refractivity contribution is 5.99. The molecule has 11 heavy (non-hydrogen) atoms. The maximum Gasteiger partial charge on any atom is 0.0385 e. The first-order chi connectivity index (χ1) is 5.25. The molecule has 0 aliphatic heterocycles. The first kappa shape index (κ1) is 8.05. The van der Waals surface area contributed by atoms with Crippen molar-refractivity contribution in [2.75, 3.05) is 7.05 Å². The SMILES string of the molecule is CNC1=CCCC=C1C(C)=N. The van der Waals surface area contributed by atoms with Crippen LogP contribution in [0.5, 0.6) is 0 Å². The van der Waals surface area contributed by atoms with E-state index < -0.39 is 0 Å². The Morgan fingerprint density at radius 3 is 2.55 bits per heavy atom. The van der Waals surface area contributed by atoms with Crippen molar-refractivity contribution in [1.29, 1.82) is 5.41 Å². The first-order valence-electron chi connectivity index (χ1n) is 3.89. The van der Waals surface area contributed by atoms with Crippen LogP contribution in [-0.2, 0) is 0 Å². The standard InChI is InChI=1S/C9H14N2/c1-7(10)8-5-3-4-6-9(8)11-2/h5-6,10-11H,3-4H2,1-2H3. The summed E-state index contributed by atoms with van der Waals surface area (Å²) < 4.78 is 0. The van der Waals surface area contributed by atoms with Gasteiger partial charge in [-0.3, -0.25) is 0 Å². The maximum atomic E-state index is 7.47.